The van der Waals surface area contributed by atoms with Crippen LogP contribution in [0.4, 0.5) is 0 Å². The van der Waals surface area contributed by atoms with Gasteiger partial charge in [-0.15, -0.1) is 0 Å². The van der Waals surface area contributed by atoms with Crippen LogP contribution in [0.1, 0.15) is 26.7 Å². The molecule has 0 aromatic carbocycles. The normalized spacial score (nSPS) is 34.7. The molecule has 17 heavy (non-hydrogen) atoms. The predicted octanol–water partition coefficient (Wildman–Crippen LogP) is 0.906. The second kappa shape index (κ2) is 5.04. The molecule has 1 aliphatic heterocycles. The fourth-order valence-electron chi connectivity index (χ4n) is 2.51. The third-order valence-corrected chi connectivity index (χ3v) is 3.32. The van der Waals surface area contributed by atoms with Gasteiger partial charge in [0.1, 0.15) is 0 Å². The molecule has 5 heteroatoms. The van der Waals surface area contributed by atoms with Crippen LogP contribution in [-0.2, 0) is 23.8 Å². The SMILES string of the molecule is CCOC(=O)C1CCC2OC2C1C(=O)OCC. The summed E-state index contributed by atoms with van der Waals surface area (Å²) in [6.45, 7) is 4.17. The number of rotatable bonds is 4. The van der Waals surface area contributed by atoms with Crippen LogP contribution in [0.15, 0.2) is 0 Å². The van der Waals surface area contributed by atoms with Gasteiger partial charge in [0, 0.05) is 0 Å². The maximum Gasteiger partial charge on any atom is 0.312 e. The number of fused-ring (bicyclic) bond motifs is 1. The molecule has 1 heterocycles. The number of hydrogen-bond donors (Lipinski definition) is 0. The molecule has 4 unspecified atom stereocenters. The Morgan fingerprint density at radius 2 is 1.76 bits per heavy atom. The van der Waals surface area contributed by atoms with Crippen molar-refractivity contribution in [2.75, 3.05) is 13.2 Å². The third-order valence-electron chi connectivity index (χ3n) is 3.32. The molecule has 2 rings (SSSR count). The molecular formula is C12H18O5. The van der Waals surface area contributed by atoms with Crippen molar-refractivity contribution in [2.24, 2.45) is 11.8 Å². The lowest BCUT2D eigenvalue weighted by Gasteiger charge is -2.25. The van der Waals surface area contributed by atoms with Gasteiger partial charge in [-0.25, -0.2) is 0 Å². The van der Waals surface area contributed by atoms with Crippen molar-refractivity contribution in [3.8, 4) is 0 Å². The minimum atomic E-state index is -0.479. The summed E-state index contributed by atoms with van der Waals surface area (Å²) in [6, 6.07) is 0. The highest BCUT2D eigenvalue weighted by molar-refractivity contribution is 5.83. The van der Waals surface area contributed by atoms with Gasteiger partial charge in [0.15, 0.2) is 0 Å². The molecule has 2 fully saturated rings. The van der Waals surface area contributed by atoms with E-state index >= 15 is 0 Å². The zero-order chi connectivity index (χ0) is 12.4. The Hall–Kier alpha value is -1.10. The van der Waals surface area contributed by atoms with E-state index in [2.05, 4.69) is 0 Å². The summed E-state index contributed by atoms with van der Waals surface area (Å²) in [7, 11) is 0. The minimum absolute atomic E-state index is 0.134. The van der Waals surface area contributed by atoms with Crippen molar-refractivity contribution < 1.29 is 23.8 Å². The molecule has 1 aliphatic carbocycles. The molecule has 0 amide bonds. The highest BCUT2D eigenvalue weighted by Gasteiger charge is 2.57. The molecule has 0 bridgehead atoms. The number of esters is 2. The van der Waals surface area contributed by atoms with E-state index in [1.807, 2.05) is 0 Å². The lowest BCUT2D eigenvalue weighted by molar-refractivity contribution is -0.162. The summed E-state index contributed by atoms with van der Waals surface area (Å²) >= 11 is 0. The van der Waals surface area contributed by atoms with Gasteiger partial charge in [-0.05, 0) is 26.7 Å². The zero-order valence-corrected chi connectivity index (χ0v) is 10.2. The average Bonchev–Trinajstić information content (AvgIpc) is 3.07. The molecule has 5 nitrogen and oxygen atoms in total. The summed E-state index contributed by atoms with van der Waals surface area (Å²) in [5.41, 5.74) is 0. The van der Waals surface area contributed by atoms with Gasteiger partial charge in [-0.3, -0.25) is 9.59 Å². The van der Waals surface area contributed by atoms with E-state index in [0.29, 0.717) is 19.6 Å². The van der Waals surface area contributed by atoms with Gasteiger partial charge in [0.2, 0.25) is 0 Å². The quantitative estimate of drug-likeness (QED) is 0.541. The lowest BCUT2D eigenvalue weighted by atomic mass is 9.79. The molecule has 0 aromatic heterocycles. The maximum absolute atomic E-state index is 11.8. The van der Waals surface area contributed by atoms with E-state index in [0.717, 1.165) is 6.42 Å². The van der Waals surface area contributed by atoms with Crippen LogP contribution in [0.2, 0.25) is 0 Å². The van der Waals surface area contributed by atoms with Crippen molar-refractivity contribution in [1.29, 1.82) is 0 Å². The molecule has 0 N–H and O–H groups in total. The first-order valence-corrected chi connectivity index (χ1v) is 6.17. The van der Waals surface area contributed by atoms with E-state index < -0.39 is 11.8 Å². The molecule has 2 aliphatic rings. The van der Waals surface area contributed by atoms with Crippen LogP contribution in [-0.4, -0.2) is 37.4 Å². The van der Waals surface area contributed by atoms with Crippen LogP contribution in [0, 0.1) is 11.8 Å². The Morgan fingerprint density at radius 3 is 2.41 bits per heavy atom. The number of hydrogen-bond acceptors (Lipinski definition) is 5. The minimum Gasteiger partial charge on any atom is -0.466 e. The van der Waals surface area contributed by atoms with Crippen LogP contribution in [0.5, 0.6) is 0 Å². The molecular weight excluding hydrogens is 224 g/mol. The Kier molecular flexibility index (Phi) is 3.66. The average molecular weight is 242 g/mol. The summed E-state index contributed by atoms with van der Waals surface area (Å²) in [5, 5.41) is 0. The summed E-state index contributed by atoms with van der Waals surface area (Å²) in [5.74, 6) is -1.53. The smallest absolute Gasteiger partial charge is 0.312 e. The molecule has 0 radical (unpaired) electrons. The van der Waals surface area contributed by atoms with Crippen molar-refractivity contribution >= 4 is 11.9 Å². The standard InChI is InChI=1S/C12H18O5/c1-3-15-11(13)7-5-6-8-10(17-8)9(7)12(14)16-4-2/h7-10H,3-6H2,1-2H3. The van der Waals surface area contributed by atoms with E-state index in [9.17, 15) is 9.59 Å². The van der Waals surface area contributed by atoms with Gasteiger partial charge in [0.05, 0.1) is 37.3 Å². The summed E-state index contributed by atoms with van der Waals surface area (Å²) < 4.78 is 15.4. The van der Waals surface area contributed by atoms with E-state index in [1.165, 1.54) is 0 Å². The highest BCUT2D eigenvalue weighted by atomic mass is 16.6. The summed E-state index contributed by atoms with van der Waals surface area (Å²) in [4.78, 5) is 23.6. The van der Waals surface area contributed by atoms with Crippen molar-refractivity contribution in [1.82, 2.24) is 0 Å². The summed E-state index contributed by atoms with van der Waals surface area (Å²) in [6.07, 6.45) is 1.46. The molecule has 96 valence electrons. The van der Waals surface area contributed by atoms with Crippen LogP contribution in [0.25, 0.3) is 0 Å². The first-order valence-electron chi connectivity index (χ1n) is 6.17. The van der Waals surface area contributed by atoms with E-state index in [4.69, 9.17) is 14.2 Å². The largest absolute Gasteiger partial charge is 0.466 e. The Labute approximate surface area is 100 Å². The predicted molar refractivity (Wildman–Crippen MR) is 58.1 cm³/mol. The topological polar surface area (TPSA) is 65.1 Å². The van der Waals surface area contributed by atoms with Gasteiger partial charge < -0.3 is 14.2 Å². The highest BCUT2D eigenvalue weighted by Crippen LogP contribution is 2.44. The molecule has 1 saturated heterocycles. The number of carbonyl (C=O) groups is 2. The van der Waals surface area contributed by atoms with Crippen LogP contribution in [0.3, 0.4) is 0 Å². The number of epoxide rings is 1. The fourth-order valence-corrected chi connectivity index (χ4v) is 2.51. The molecule has 0 aromatic rings. The second-order valence-corrected chi connectivity index (χ2v) is 4.35. The fraction of sp³-hybridized carbons (Fsp3) is 0.833. The van der Waals surface area contributed by atoms with Crippen LogP contribution >= 0.6 is 0 Å². The number of ether oxygens (including phenoxy) is 3. The first-order chi connectivity index (χ1) is 8.19. The molecule has 0 spiro atoms. The monoisotopic (exact) mass is 242 g/mol. The van der Waals surface area contributed by atoms with E-state index in [1.54, 1.807) is 13.8 Å². The van der Waals surface area contributed by atoms with Crippen LogP contribution < -0.4 is 0 Å². The van der Waals surface area contributed by atoms with Crippen molar-refractivity contribution in [2.45, 2.75) is 38.9 Å². The van der Waals surface area contributed by atoms with Gasteiger partial charge in [-0.1, -0.05) is 0 Å². The third kappa shape index (κ3) is 2.44. The number of carbonyl (C=O) groups excluding carboxylic acids is 2. The van der Waals surface area contributed by atoms with Crippen molar-refractivity contribution in [3.63, 3.8) is 0 Å². The Balaban J connectivity index is 2.06. The first kappa shape index (κ1) is 12.4. The Morgan fingerprint density at radius 1 is 1.12 bits per heavy atom. The maximum atomic E-state index is 11.8. The van der Waals surface area contributed by atoms with Gasteiger partial charge in [0.25, 0.3) is 0 Å². The molecule has 1 saturated carbocycles. The molecule has 4 atom stereocenters. The van der Waals surface area contributed by atoms with Gasteiger partial charge in [-0.2, -0.15) is 0 Å². The lowest BCUT2D eigenvalue weighted by Crippen LogP contribution is -2.39. The van der Waals surface area contributed by atoms with E-state index in [-0.39, 0.29) is 24.1 Å². The second-order valence-electron chi connectivity index (χ2n) is 4.35. The van der Waals surface area contributed by atoms with Crippen molar-refractivity contribution in [3.05, 3.63) is 0 Å². The Bertz CT molecular complexity index is 314. The van der Waals surface area contributed by atoms with Gasteiger partial charge >= 0.3 is 11.9 Å². The zero-order valence-electron chi connectivity index (χ0n) is 10.2.